The Morgan fingerprint density at radius 2 is 1.40 bits per heavy atom. The first kappa shape index (κ1) is 34.0. The van der Waals surface area contributed by atoms with E-state index < -0.39 is 5.97 Å². The Hall–Kier alpha value is -5.30. The van der Waals surface area contributed by atoms with Gasteiger partial charge in [0.15, 0.2) is 0 Å². The van der Waals surface area contributed by atoms with Crippen molar-refractivity contribution in [3.05, 3.63) is 137 Å². The number of hydrogen-bond acceptors (Lipinski definition) is 5. The largest absolute Gasteiger partial charge is 0.493 e. The number of aromatic carboxylic acids is 1. The Morgan fingerprint density at radius 3 is 2.10 bits per heavy atom. The van der Waals surface area contributed by atoms with Crippen molar-refractivity contribution in [2.75, 3.05) is 13.2 Å². The molecule has 0 atom stereocenters. The van der Waals surface area contributed by atoms with Gasteiger partial charge in [0.25, 0.3) is 0 Å². The number of para-hydroxylation sites is 1. The quantitative estimate of drug-likeness (QED) is 0.107. The molecular weight excluding hydrogens is 607 g/mol. The van der Waals surface area contributed by atoms with Crippen LogP contribution in [0.2, 0.25) is 0 Å². The molecule has 248 valence electrons. The highest BCUT2D eigenvalue weighted by Gasteiger charge is 2.18. The summed E-state index contributed by atoms with van der Waals surface area (Å²) in [4.78, 5) is 11.8. The Morgan fingerprint density at radius 1 is 0.729 bits per heavy atom. The van der Waals surface area contributed by atoms with Gasteiger partial charge in [0.2, 0.25) is 0 Å². The fraction of sp³-hybridized carbons (Fsp3) is 0.244. The van der Waals surface area contributed by atoms with E-state index in [1.54, 1.807) is 30.3 Å². The van der Waals surface area contributed by atoms with Crippen LogP contribution in [0.15, 0.2) is 109 Å². The fourth-order valence-corrected chi connectivity index (χ4v) is 5.39. The van der Waals surface area contributed by atoms with Gasteiger partial charge in [-0.1, -0.05) is 81.4 Å². The highest BCUT2D eigenvalue weighted by atomic mass is 19.1. The van der Waals surface area contributed by atoms with E-state index in [1.165, 1.54) is 18.2 Å². The molecule has 1 N–H and O–H groups in total. The summed E-state index contributed by atoms with van der Waals surface area (Å²) in [5.74, 6) is 1.93. The highest BCUT2D eigenvalue weighted by Crippen LogP contribution is 2.38. The van der Waals surface area contributed by atoms with Crippen LogP contribution in [0.4, 0.5) is 4.39 Å². The summed E-state index contributed by atoms with van der Waals surface area (Å²) in [6.07, 6.45) is 2.07. The molecule has 0 aromatic heterocycles. The molecule has 48 heavy (non-hydrogen) atoms. The predicted octanol–water partition coefficient (Wildman–Crippen LogP) is 10.2. The number of carbonyl (C=O) groups is 1. The van der Waals surface area contributed by atoms with Crippen molar-refractivity contribution in [2.24, 2.45) is 5.92 Å². The van der Waals surface area contributed by atoms with E-state index in [0.717, 1.165) is 40.0 Å². The van der Waals surface area contributed by atoms with Crippen molar-refractivity contribution in [1.82, 2.24) is 0 Å². The molecule has 0 aliphatic heterocycles. The lowest BCUT2D eigenvalue weighted by molar-refractivity contribution is 0.0694. The summed E-state index contributed by atoms with van der Waals surface area (Å²) in [6.45, 7) is 7.52. The second-order valence-electron chi connectivity index (χ2n) is 11.9. The van der Waals surface area contributed by atoms with Crippen molar-refractivity contribution in [3.63, 3.8) is 0 Å². The molecule has 0 radical (unpaired) electrons. The third kappa shape index (κ3) is 8.94. The maximum absolute atomic E-state index is 13.7. The van der Waals surface area contributed by atoms with Crippen LogP contribution in [0.5, 0.6) is 28.7 Å². The van der Waals surface area contributed by atoms with E-state index in [1.807, 2.05) is 54.6 Å². The van der Waals surface area contributed by atoms with Gasteiger partial charge in [-0.2, -0.15) is 0 Å². The molecule has 0 heterocycles. The molecule has 7 heteroatoms. The van der Waals surface area contributed by atoms with Crippen LogP contribution in [0, 0.1) is 11.7 Å². The molecule has 5 rings (SSSR count). The molecule has 0 spiro atoms. The van der Waals surface area contributed by atoms with Crippen LogP contribution in [-0.4, -0.2) is 24.3 Å². The number of benzene rings is 5. The van der Waals surface area contributed by atoms with Gasteiger partial charge in [0.1, 0.15) is 46.7 Å². The van der Waals surface area contributed by atoms with Gasteiger partial charge in [0, 0.05) is 23.6 Å². The Kier molecular flexibility index (Phi) is 11.7. The molecule has 0 unspecified atom stereocenters. The summed E-state index contributed by atoms with van der Waals surface area (Å²) in [6, 6.07) is 32.6. The standard InChI is InChI=1S/C41H41FO6/c1-4-30-25-34(31-18-20-32(42)21-19-31)40(47-27-29-12-6-5-7-13-29)26-39(30)46-23-11-22-45-36-16-10-17-38(35(36)24-28(2)3)48-37-15-9-8-14-33(37)41(43)44/h5-10,12-21,25-26,28H,4,11,22-24,27H2,1-3H3,(H,43,44). The normalized spacial score (nSPS) is 10.9. The minimum atomic E-state index is -1.05. The van der Waals surface area contributed by atoms with E-state index in [0.29, 0.717) is 55.8 Å². The number of rotatable bonds is 16. The van der Waals surface area contributed by atoms with E-state index >= 15 is 0 Å². The van der Waals surface area contributed by atoms with Gasteiger partial charge in [-0.15, -0.1) is 0 Å². The van der Waals surface area contributed by atoms with Gasteiger partial charge in [-0.25, -0.2) is 9.18 Å². The first-order valence-corrected chi connectivity index (χ1v) is 16.3. The molecular formula is C41H41FO6. The molecule has 5 aromatic rings. The molecule has 0 amide bonds. The molecule has 0 aliphatic carbocycles. The lowest BCUT2D eigenvalue weighted by atomic mass is 10.00. The summed E-state index contributed by atoms with van der Waals surface area (Å²) in [5, 5.41) is 9.62. The minimum Gasteiger partial charge on any atom is -0.493 e. The molecule has 0 saturated carbocycles. The zero-order chi connectivity index (χ0) is 33.9. The number of ether oxygens (including phenoxy) is 4. The molecule has 0 saturated heterocycles. The zero-order valence-electron chi connectivity index (χ0n) is 27.6. The monoisotopic (exact) mass is 648 g/mol. The van der Waals surface area contributed by atoms with Crippen LogP contribution in [0.3, 0.4) is 0 Å². The Bertz CT molecular complexity index is 1800. The average Bonchev–Trinajstić information content (AvgIpc) is 3.09. The predicted molar refractivity (Wildman–Crippen MR) is 186 cm³/mol. The average molecular weight is 649 g/mol. The van der Waals surface area contributed by atoms with Crippen molar-refractivity contribution < 1.29 is 33.2 Å². The number of carboxylic acids is 1. The van der Waals surface area contributed by atoms with Crippen molar-refractivity contribution >= 4 is 5.97 Å². The number of carboxylic acid groups (broad SMARTS) is 1. The smallest absolute Gasteiger partial charge is 0.339 e. The van der Waals surface area contributed by atoms with E-state index in [9.17, 15) is 14.3 Å². The maximum Gasteiger partial charge on any atom is 0.339 e. The van der Waals surface area contributed by atoms with Gasteiger partial charge >= 0.3 is 5.97 Å². The minimum absolute atomic E-state index is 0.0993. The topological polar surface area (TPSA) is 74.2 Å². The van der Waals surface area contributed by atoms with Gasteiger partial charge < -0.3 is 24.1 Å². The third-order valence-electron chi connectivity index (χ3n) is 7.78. The summed E-state index contributed by atoms with van der Waals surface area (Å²) < 4.78 is 38.7. The maximum atomic E-state index is 13.7. The first-order valence-electron chi connectivity index (χ1n) is 16.3. The van der Waals surface area contributed by atoms with Crippen LogP contribution >= 0.6 is 0 Å². The Balaban J connectivity index is 1.29. The van der Waals surface area contributed by atoms with E-state index in [4.69, 9.17) is 18.9 Å². The molecule has 5 aromatic carbocycles. The fourth-order valence-electron chi connectivity index (χ4n) is 5.39. The second kappa shape index (κ2) is 16.5. The van der Waals surface area contributed by atoms with Crippen molar-refractivity contribution in [2.45, 2.75) is 46.6 Å². The molecule has 6 nitrogen and oxygen atoms in total. The zero-order valence-corrected chi connectivity index (χ0v) is 27.6. The highest BCUT2D eigenvalue weighted by molar-refractivity contribution is 5.91. The van der Waals surface area contributed by atoms with Gasteiger partial charge in [-0.3, -0.25) is 0 Å². The molecule has 0 bridgehead atoms. The summed E-state index contributed by atoms with van der Waals surface area (Å²) in [5.41, 5.74) is 4.79. The van der Waals surface area contributed by atoms with Crippen LogP contribution in [0.25, 0.3) is 11.1 Å². The Labute approximate surface area is 281 Å². The third-order valence-corrected chi connectivity index (χ3v) is 7.78. The summed E-state index contributed by atoms with van der Waals surface area (Å²) in [7, 11) is 0. The van der Waals surface area contributed by atoms with Crippen molar-refractivity contribution in [1.29, 1.82) is 0 Å². The van der Waals surface area contributed by atoms with Crippen LogP contribution < -0.4 is 18.9 Å². The lowest BCUT2D eigenvalue weighted by Crippen LogP contribution is -2.09. The molecule has 0 aliphatic rings. The first-order chi connectivity index (χ1) is 23.3. The SMILES string of the molecule is CCc1cc(-c2ccc(F)cc2)c(OCc2ccccc2)cc1OCCCOc1cccc(Oc2ccccc2C(=O)O)c1CC(C)C. The van der Waals surface area contributed by atoms with Gasteiger partial charge in [-0.05, 0) is 77.9 Å². The second-order valence-corrected chi connectivity index (χ2v) is 11.9. The van der Waals surface area contributed by atoms with Crippen molar-refractivity contribution in [3.8, 4) is 39.9 Å². The van der Waals surface area contributed by atoms with Crippen LogP contribution in [0.1, 0.15) is 54.2 Å². The lowest BCUT2D eigenvalue weighted by Gasteiger charge is -2.19. The number of hydrogen-bond donors (Lipinski definition) is 1. The number of halogens is 1. The van der Waals surface area contributed by atoms with E-state index in [2.05, 4.69) is 26.8 Å². The number of aryl methyl sites for hydroxylation is 1. The summed E-state index contributed by atoms with van der Waals surface area (Å²) >= 11 is 0. The van der Waals surface area contributed by atoms with Crippen LogP contribution in [-0.2, 0) is 19.4 Å². The van der Waals surface area contributed by atoms with Gasteiger partial charge in [0.05, 0.1) is 13.2 Å². The molecule has 0 fully saturated rings. The van der Waals surface area contributed by atoms with E-state index in [-0.39, 0.29) is 17.1 Å².